The number of hydrogen-bond donors (Lipinski definition) is 1. The van der Waals surface area contributed by atoms with Gasteiger partial charge in [-0.15, -0.1) is 0 Å². The molecule has 0 saturated carbocycles. The van der Waals surface area contributed by atoms with Crippen molar-refractivity contribution in [3.8, 4) is 5.75 Å². The van der Waals surface area contributed by atoms with Gasteiger partial charge in [0.15, 0.2) is 6.61 Å². The smallest absolute Gasteiger partial charge is 0.265 e. The van der Waals surface area contributed by atoms with E-state index in [-0.39, 0.29) is 25.0 Å². The van der Waals surface area contributed by atoms with E-state index in [9.17, 15) is 9.59 Å². The van der Waals surface area contributed by atoms with Crippen LogP contribution in [0.3, 0.4) is 0 Å². The van der Waals surface area contributed by atoms with Gasteiger partial charge < -0.3 is 15.0 Å². The maximum Gasteiger partial charge on any atom is 0.265 e. The van der Waals surface area contributed by atoms with Gasteiger partial charge in [-0.05, 0) is 36.8 Å². The third kappa shape index (κ3) is 5.01. The number of carbonyl (C=O) groups excluding carboxylic acids is 2. The number of rotatable bonds is 7. The lowest BCUT2D eigenvalue weighted by molar-refractivity contribution is -0.125. The molecule has 0 unspecified atom stereocenters. The topological polar surface area (TPSA) is 61.9 Å². The summed E-state index contributed by atoms with van der Waals surface area (Å²) in [6, 6.07) is 15.5. The van der Waals surface area contributed by atoms with Crippen molar-refractivity contribution < 1.29 is 14.3 Å². The monoisotopic (exact) mass is 431 g/mol. The molecule has 1 heterocycles. The van der Waals surface area contributed by atoms with Crippen LogP contribution in [0.15, 0.2) is 53.0 Å². The third-order valence-corrected chi connectivity index (χ3v) is 4.85. The normalized spacial score (nSPS) is 13.0. The first-order chi connectivity index (χ1) is 13.0. The fourth-order valence-electron chi connectivity index (χ4n) is 2.91. The SMILES string of the molecule is CN(CCCNC(=O)CN1C(=O)COc2cc(Br)ccc21)c1ccccc1. The Bertz CT molecular complexity index is 813. The molecule has 2 aromatic rings. The maximum atomic E-state index is 12.3. The van der Waals surface area contributed by atoms with E-state index in [1.807, 2.05) is 31.3 Å². The minimum Gasteiger partial charge on any atom is -0.482 e. The summed E-state index contributed by atoms with van der Waals surface area (Å²) in [5.74, 6) is 0.200. The van der Waals surface area contributed by atoms with E-state index >= 15 is 0 Å². The molecule has 1 aliphatic heterocycles. The second-order valence-electron chi connectivity index (χ2n) is 6.34. The molecule has 6 nitrogen and oxygen atoms in total. The Labute approximate surface area is 167 Å². The molecule has 2 amide bonds. The first kappa shape index (κ1) is 19.2. The molecule has 7 heteroatoms. The Balaban J connectivity index is 1.48. The van der Waals surface area contributed by atoms with Gasteiger partial charge in [-0.25, -0.2) is 0 Å². The average Bonchev–Trinajstić information content (AvgIpc) is 2.68. The van der Waals surface area contributed by atoms with Crippen LogP contribution in [0, 0.1) is 0 Å². The van der Waals surface area contributed by atoms with Gasteiger partial charge in [0.05, 0.1) is 5.69 Å². The van der Waals surface area contributed by atoms with Gasteiger partial charge >= 0.3 is 0 Å². The molecule has 3 rings (SSSR count). The molecule has 0 aliphatic carbocycles. The van der Waals surface area contributed by atoms with Crippen LogP contribution < -0.4 is 19.9 Å². The highest BCUT2D eigenvalue weighted by molar-refractivity contribution is 9.10. The molecule has 27 heavy (non-hydrogen) atoms. The van der Waals surface area contributed by atoms with Crippen molar-refractivity contribution >= 4 is 39.1 Å². The maximum absolute atomic E-state index is 12.3. The fourth-order valence-corrected chi connectivity index (χ4v) is 3.25. The van der Waals surface area contributed by atoms with Crippen molar-refractivity contribution in [2.45, 2.75) is 6.42 Å². The van der Waals surface area contributed by atoms with E-state index in [2.05, 4.69) is 38.3 Å². The first-order valence-electron chi connectivity index (χ1n) is 8.80. The van der Waals surface area contributed by atoms with Crippen LogP contribution >= 0.6 is 15.9 Å². The van der Waals surface area contributed by atoms with E-state index in [1.165, 1.54) is 4.90 Å². The van der Waals surface area contributed by atoms with Crippen molar-refractivity contribution in [2.75, 3.05) is 43.1 Å². The highest BCUT2D eigenvalue weighted by Crippen LogP contribution is 2.34. The van der Waals surface area contributed by atoms with Crippen LogP contribution in [0.4, 0.5) is 11.4 Å². The molecule has 1 N–H and O–H groups in total. The van der Waals surface area contributed by atoms with Gasteiger partial charge in [0.1, 0.15) is 12.3 Å². The number of nitrogens with one attached hydrogen (secondary N) is 1. The minimum absolute atomic E-state index is 0.00858. The molecule has 0 saturated heterocycles. The minimum atomic E-state index is -0.219. The van der Waals surface area contributed by atoms with Crippen molar-refractivity contribution in [2.24, 2.45) is 0 Å². The zero-order valence-corrected chi connectivity index (χ0v) is 16.7. The second-order valence-corrected chi connectivity index (χ2v) is 7.26. The zero-order valence-electron chi connectivity index (χ0n) is 15.2. The Morgan fingerprint density at radius 2 is 2.04 bits per heavy atom. The molecule has 0 spiro atoms. The number of benzene rings is 2. The van der Waals surface area contributed by atoms with Gasteiger partial charge in [0.25, 0.3) is 5.91 Å². The molecule has 142 valence electrons. The zero-order chi connectivity index (χ0) is 19.2. The standard InChI is InChI=1S/C20H22BrN3O3/c1-23(16-6-3-2-4-7-16)11-5-10-22-19(25)13-24-17-9-8-15(21)12-18(17)27-14-20(24)26/h2-4,6-9,12H,5,10-11,13-14H2,1H3,(H,22,25). The Morgan fingerprint density at radius 1 is 1.26 bits per heavy atom. The summed E-state index contributed by atoms with van der Waals surface area (Å²) >= 11 is 3.38. The molecule has 0 radical (unpaired) electrons. The van der Waals surface area contributed by atoms with Crippen LogP contribution in [0.1, 0.15) is 6.42 Å². The highest BCUT2D eigenvalue weighted by atomic mass is 79.9. The Kier molecular flexibility index (Phi) is 6.34. The quantitative estimate of drug-likeness (QED) is 0.684. The van der Waals surface area contributed by atoms with E-state index in [1.54, 1.807) is 12.1 Å². The fraction of sp³-hybridized carbons (Fsp3) is 0.300. The predicted molar refractivity (Wildman–Crippen MR) is 109 cm³/mol. The van der Waals surface area contributed by atoms with Crippen LogP contribution in [-0.2, 0) is 9.59 Å². The van der Waals surface area contributed by atoms with Gasteiger partial charge in [-0.2, -0.15) is 0 Å². The second kappa shape index (κ2) is 8.90. The van der Waals surface area contributed by atoms with Gasteiger partial charge in [-0.3, -0.25) is 14.5 Å². The number of nitrogens with zero attached hydrogens (tertiary/aromatic N) is 2. The number of hydrogen-bond acceptors (Lipinski definition) is 4. The lowest BCUT2D eigenvalue weighted by atomic mass is 10.2. The molecule has 0 bridgehead atoms. The number of ether oxygens (including phenoxy) is 1. The third-order valence-electron chi connectivity index (χ3n) is 4.36. The van der Waals surface area contributed by atoms with Crippen LogP contribution in [0.5, 0.6) is 5.75 Å². The molecule has 2 aromatic carbocycles. The van der Waals surface area contributed by atoms with E-state index in [0.717, 1.165) is 23.1 Å². The molecule has 0 aromatic heterocycles. The first-order valence-corrected chi connectivity index (χ1v) is 9.59. The molecule has 0 atom stereocenters. The lowest BCUT2D eigenvalue weighted by Crippen LogP contribution is -2.45. The van der Waals surface area contributed by atoms with Gasteiger partial charge in [0, 0.05) is 30.3 Å². The summed E-state index contributed by atoms with van der Waals surface area (Å²) in [5, 5.41) is 2.89. The summed E-state index contributed by atoms with van der Waals surface area (Å²) < 4.78 is 6.30. The average molecular weight is 432 g/mol. The molecular weight excluding hydrogens is 410 g/mol. The number of amides is 2. The number of halogens is 1. The summed E-state index contributed by atoms with van der Waals surface area (Å²) in [5.41, 5.74) is 1.76. The number of carbonyl (C=O) groups is 2. The van der Waals surface area contributed by atoms with E-state index in [4.69, 9.17) is 4.74 Å². The Hall–Kier alpha value is -2.54. The largest absolute Gasteiger partial charge is 0.482 e. The molecule has 0 fully saturated rings. The van der Waals surface area contributed by atoms with Crippen LogP contribution in [-0.4, -0.2) is 45.1 Å². The molecule has 1 aliphatic rings. The van der Waals surface area contributed by atoms with Crippen molar-refractivity contribution in [1.29, 1.82) is 0 Å². The van der Waals surface area contributed by atoms with E-state index < -0.39 is 0 Å². The predicted octanol–water partition coefficient (Wildman–Crippen LogP) is 2.82. The number of para-hydroxylation sites is 1. The van der Waals surface area contributed by atoms with Crippen molar-refractivity contribution in [1.82, 2.24) is 5.32 Å². The Morgan fingerprint density at radius 3 is 2.81 bits per heavy atom. The summed E-state index contributed by atoms with van der Waals surface area (Å²) in [6.07, 6.45) is 0.817. The van der Waals surface area contributed by atoms with Crippen molar-refractivity contribution in [3.63, 3.8) is 0 Å². The van der Waals surface area contributed by atoms with E-state index in [0.29, 0.717) is 18.0 Å². The van der Waals surface area contributed by atoms with Crippen molar-refractivity contribution in [3.05, 3.63) is 53.0 Å². The molecular formula is C20H22BrN3O3. The highest BCUT2D eigenvalue weighted by Gasteiger charge is 2.27. The number of fused-ring (bicyclic) bond motifs is 1. The summed E-state index contributed by atoms with van der Waals surface area (Å²) in [7, 11) is 2.03. The van der Waals surface area contributed by atoms with Gasteiger partial charge in [0.2, 0.25) is 5.91 Å². The van der Waals surface area contributed by atoms with Gasteiger partial charge in [-0.1, -0.05) is 34.1 Å². The summed E-state index contributed by atoms with van der Waals surface area (Å²) in [4.78, 5) is 28.0. The van der Waals surface area contributed by atoms with Crippen LogP contribution in [0.2, 0.25) is 0 Å². The van der Waals surface area contributed by atoms with Crippen LogP contribution in [0.25, 0.3) is 0 Å². The summed E-state index contributed by atoms with van der Waals surface area (Å²) in [6.45, 7) is 1.32. The number of anilines is 2. The lowest BCUT2D eigenvalue weighted by Gasteiger charge is -2.29.